The number of nitrogens with one attached hydrogen (secondary N) is 2. The largest absolute Gasteiger partial charge is 0.340 e. The maximum atomic E-state index is 13.2. The molecule has 2 heterocycles. The van der Waals surface area contributed by atoms with Gasteiger partial charge in [-0.1, -0.05) is 6.07 Å². The minimum atomic E-state index is -0.452. The zero-order chi connectivity index (χ0) is 19.3. The molecule has 28 heavy (non-hydrogen) atoms. The number of aromatic nitrogens is 4. The van der Waals surface area contributed by atoms with Crippen molar-refractivity contribution in [3.8, 4) is 5.82 Å². The Kier molecular flexibility index (Phi) is 4.75. The van der Waals surface area contributed by atoms with E-state index in [4.69, 9.17) is 0 Å². The first-order valence-electron chi connectivity index (χ1n) is 8.42. The van der Waals surface area contributed by atoms with Crippen LogP contribution in [0.15, 0.2) is 79.6 Å². The average molecular weight is 374 g/mol. The van der Waals surface area contributed by atoms with E-state index >= 15 is 0 Å². The zero-order valence-corrected chi connectivity index (χ0v) is 14.6. The Morgan fingerprint density at radius 2 is 1.82 bits per heavy atom. The second-order valence-corrected chi connectivity index (χ2v) is 5.90. The Balaban J connectivity index is 1.44. The SMILES string of the molecule is O=C(Nc1ccc(Nc2cc(-n3ccnc3)ncn2)cc1)c1cccc(F)c1. The van der Waals surface area contributed by atoms with Gasteiger partial charge in [-0.3, -0.25) is 9.36 Å². The van der Waals surface area contributed by atoms with Gasteiger partial charge in [0, 0.05) is 35.4 Å². The number of carbonyl (C=O) groups is 1. The van der Waals surface area contributed by atoms with E-state index in [9.17, 15) is 9.18 Å². The van der Waals surface area contributed by atoms with E-state index in [2.05, 4.69) is 25.6 Å². The minimum Gasteiger partial charge on any atom is -0.340 e. The first-order chi connectivity index (χ1) is 13.7. The van der Waals surface area contributed by atoms with Crippen molar-refractivity contribution < 1.29 is 9.18 Å². The zero-order valence-electron chi connectivity index (χ0n) is 14.6. The second-order valence-electron chi connectivity index (χ2n) is 5.90. The van der Waals surface area contributed by atoms with Crippen molar-refractivity contribution in [1.82, 2.24) is 19.5 Å². The van der Waals surface area contributed by atoms with Gasteiger partial charge in [-0.2, -0.15) is 0 Å². The molecule has 0 saturated heterocycles. The molecule has 0 atom stereocenters. The smallest absolute Gasteiger partial charge is 0.255 e. The first-order valence-corrected chi connectivity index (χ1v) is 8.42. The molecule has 4 rings (SSSR count). The third-order valence-corrected chi connectivity index (χ3v) is 3.92. The monoisotopic (exact) mass is 374 g/mol. The number of anilines is 3. The number of rotatable bonds is 5. The van der Waals surface area contributed by atoms with Crippen molar-refractivity contribution in [2.75, 3.05) is 10.6 Å². The highest BCUT2D eigenvalue weighted by Crippen LogP contribution is 2.19. The summed E-state index contributed by atoms with van der Waals surface area (Å²) in [4.78, 5) is 24.6. The molecule has 2 aromatic heterocycles. The van der Waals surface area contributed by atoms with Gasteiger partial charge in [0.1, 0.15) is 30.1 Å². The van der Waals surface area contributed by atoms with Crippen LogP contribution in [0.1, 0.15) is 10.4 Å². The van der Waals surface area contributed by atoms with Gasteiger partial charge in [-0.05, 0) is 42.5 Å². The van der Waals surface area contributed by atoms with Crippen molar-refractivity contribution in [3.05, 3.63) is 91.0 Å². The Hall–Kier alpha value is -4.07. The lowest BCUT2D eigenvalue weighted by Crippen LogP contribution is -2.11. The maximum absolute atomic E-state index is 13.2. The molecule has 138 valence electrons. The van der Waals surface area contributed by atoms with E-state index in [1.165, 1.54) is 24.5 Å². The van der Waals surface area contributed by atoms with E-state index < -0.39 is 5.82 Å². The summed E-state index contributed by atoms with van der Waals surface area (Å²) in [6.45, 7) is 0. The molecule has 7 nitrogen and oxygen atoms in total. The maximum Gasteiger partial charge on any atom is 0.255 e. The van der Waals surface area contributed by atoms with Crippen molar-refractivity contribution in [3.63, 3.8) is 0 Å². The van der Waals surface area contributed by atoms with Gasteiger partial charge in [-0.25, -0.2) is 19.3 Å². The van der Waals surface area contributed by atoms with Gasteiger partial charge < -0.3 is 10.6 Å². The number of imidazole rings is 1. The number of hydrogen-bond donors (Lipinski definition) is 2. The molecule has 1 amide bonds. The fraction of sp³-hybridized carbons (Fsp3) is 0. The summed E-state index contributed by atoms with van der Waals surface area (Å²) in [6, 6.07) is 14.4. The van der Waals surface area contributed by atoms with Crippen LogP contribution in [0.5, 0.6) is 0 Å². The molecule has 0 radical (unpaired) electrons. The van der Waals surface area contributed by atoms with Crippen LogP contribution in [0, 0.1) is 5.82 Å². The Morgan fingerprint density at radius 3 is 2.57 bits per heavy atom. The molecular weight excluding hydrogens is 359 g/mol. The summed E-state index contributed by atoms with van der Waals surface area (Å²) in [6.07, 6.45) is 6.59. The third-order valence-electron chi connectivity index (χ3n) is 3.92. The van der Waals surface area contributed by atoms with Crippen molar-refractivity contribution in [1.29, 1.82) is 0 Å². The molecule has 2 aromatic carbocycles. The molecular formula is C20H15FN6O. The lowest BCUT2D eigenvalue weighted by atomic mass is 10.2. The number of amides is 1. The van der Waals surface area contributed by atoms with Gasteiger partial charge in [0.15, 0.2) is 0 Å². The first kappa shape index (κ1) is 17.3. The van der Waals surface area contributed by atoms with Crippen LogP contribution in [0.25, 0.3) is 5.82 Å². The number of nitrogens with zero attached hydrogens (tertiary/aromatic N) is 4. The standard InChI is InChI=1S/C20H15FN6O/c21-15-3-1-2-14(10-15)20(28)26-17-6-4-16(5-7-17)25-18-11-19(24-12-23-18)27-9-8-22-13-27/h1-13H,(H,26,28)(H,23,24,25). The Morgan fingerprint density at radius 1 is 1.00 bits per heavy atom. The molecule has 0 bridgehead atoms. The molecule has 4 aromatic rings. The van der Waals surface area contributed by atoms with Crippen LogP contribution in [0.4, 0.5) is 21.6 Å². The molecule has 0 aliphatic rings. The van der Waals surface area contributed by atoms with E-state index in [1.807, 2.05) is 0 Å². The van der Waals surface area contributed by atoms with Crippen molar-refractivity contribution >= 4 is 23.1 Å². The number of hydrogen-bond acceptors (Lipinski definition) is 5. The highest BCUT2D eigenvalue weighted by atomic mass is 19.1. The van der Waals surface area contributed by atoms with Gasteiger partial charge in [-0.15, -0.1) is 0 Å². The predicted molar refractivity (Wildman–Crippen MR) is 103 cm³/mol. The Labute approximate surface area is 159 Å². The quantitative estimate of drug-likeness (QED) is 0.555. The highest BCUT2D eigenvalue weighted by Gasteiger charge is 2.07. The highest BCUT2D eigenvalue weighted by molar-refractivity contribution is 6.04. The molecule has 0 saturated carbocycles. The fourth-order valence-electron chi connectivity index (χ4n) is 2.57. The second kappa shape index (κ2) is 7.67. The number of benzene rings is 2. The predicted octanol–water partition coefficient (Wildman–Crippen LogP) is 3.80. The van der Waals surface area contributed by atoms with E-state index in [-0.39, 0.29) is 11.5 Å². The summed E-state index contributed by atoms with van der Waals surface area (Å²) in [7, 11) is 0. The van der Waals surface area contributed by atoms with Crippen LogP contribution >= 0.6 is 0 Å². The molecule has 0 fully saturated rings. The van der Waals surface area contributed by atoms with E-state index in [0.29, 0.717) is 17.3 Å². The Bertz CT molecular complexity index is 1100. The normalized spacial score (nSPS) is 10.5. The fourth-order valence-corrected chi connectivity index (χ4v) is 2.57. The van der Waals surface area contributed by atoms with Crippen molar-refractivity contribution in [2.45, 2.75) is 0 Å². The van der Waals surface area contributed by atoms with Crippen LogP contribution in [0.2, 0.25) is 0 Å². The number of carbonyl (C=O) groups excluding carboxylic acids is 1. The summed E-state index contributed by atoms with van der Waals surface area (Å²) >= 11 is 0. The van der Waals surface area contributed by atoms with Crippen LogP contribution in [-0.2, 0) is 0 Å². The molecule has 0 aliphatic heterocycles. The molecule has 0 unspecified atom stereocenters. The number of halogens is 1. The van der Waals surface area contributed by atoms with E-state index in [0.717, 1.165) is 5.69 Å². The van der Waals surface area contributed by atoms with Crippen LogP contribution < -0.4 is 10.6 Å². The molecule has 8 heteroatoms. The lowest BCUT2D eigenvalue weighted by Gasteiger charge is -2.09. The molecule has 2 N–H and O–H groups in total. The summed E-state index contributed by atoms with van der Waals surface area (Å²) < 4.78 is 15.0. The topological polar surface area (TPSA) is 84.7 Å². The lowest BCUT2D eigenvalue weighted by molar-refractivity contribution is 0.102. The van der Waals surface area contributed by atoms with Gasteiger partial charge in [0.05, 0.1) is 0 Å². The van der Waals surface area contributed by atoms with Gasteiger partial charge in [0.2, 0.25) is 0 Å². The van der Waals surface area contributed by atoms with E-state index in [1.54, 1.807) is 59.7 Å². The van der Waals surface area contributed by atoms with Crippen LogP contribution in [-0.4, -0.2) is 25.4 Å². The summed E-state index contributed by atoms with van der Waals surface area (Å²) in [5.74, 6) is 0.484. The summed E-state index contributed by atoms with van der Waals surface area (Å²) in [5.41, 5.74) is 1.65. The minimum absolute atomic E-state index is 0.259. The van der Waals surface area contributed by atoms with Crippen molar-refractivity contribution in [2.24, 2.45) is 0 Å². The average Bonchev–Trinajstić information content (AvgIpc) is 3.25. The molecule has 0 spiro atoms. The third kappa shape index (κ3) is 4.01. The van der Waals surface area contributed by atoms with Crippen LogP contribution in [0.3, 0.4) is 0 Å². The summed E-state index contributed by atoms with van der Waals surface area (Å²) in [5, 5.41) is 5.91. The molecule has 0 aliphatic carbocycles. The van der Waals surface area contributed by atoms with Gasteiger partial charge >= 0.3 is 0 Å². The van der Waals surface area contributed by atoms with Gasteiger partial charge in [0.25, 0.3) is 5.91 Å².